The molecule has 1 saturated carbocycles. The minimum atomic E-state index is 0. The molecule has 0 saturated heterocycles. The number of pyridine rings is 1. The molecule has 0 spiro atoms. The summed E-state index contributed by atoms with van der Waals surface area (Å²) in [6, 6.07) is 14.3. The number of rotatable bonds is 1. The largest absolute Gasteiger partial charge is 1.00 e. The van der Waals surface area contributed by atoms with Crippen LogP contribution in [0.15, 0.2) is 48.7 Å². The van der Waals surface area contributed by atoms with Gasteiger partial charge in [0.25, 0.3) is 0 Å². The molecule has 1 aromatic carbocycles. The molecule has 6 radical (unpaired) electrons. The topological polar surface area (TPSA) is 12.9 Å². The van der Waals surface area contributed by atoms with Crippen molar-refractivity contribution in [3.8, 4) is 11.3 Å². The third-order valence-corrected chi connectivity index (χ3v) is 4.82. The Bertz CT molecular complexity index is 554. The molecule has 25 heavy (non-hydrogen) atoms. The molecule has 1 aliphatic rings. The maximum absolute atomic E-state index is 4.28. The molecule has 0 bridgehead atoms. The van der Waals surface area contributed by atoms with E-state index in [1.165, 1.54) is 40.7 Å². The van der Waals surface area contributed by atoms with E-state index in [0.717, 1.165) is 5.69 Å². The second-order valence-electron chi connectivity index (χ2n) is 6.21. The van der Waals surface area contributed by atoms with E-state index in [2.05, 4.69) is 70.8 Å². The number of aryl methyl sites for hydroxylation is 1. The van der Waals surface area contributed by atoms with Gasteiger partial charge < -0.3 is 12.4 Å². The van der Waals surface area contributed by atoms with Gasteiger partial charge in [-0.15, -0.1) is 0 Å². The quantitative estimate of drug-likeness (QED) is 0.551. The van der Waals surface area contributed by atoms with Gasteiger partial charge in [-0.25, -0.2) is 0 Å². The summed E-state index contributed by atoms with van der Waals surface area (Å²) in [4.78, 5) is 4.28. The van der Waals surface area contributed by atoms with Crippen molar-refractivity contribution in [2.75, 3.05) is 0 Å². The van der Waals surface area contributed by atoms with Gasteiger partial charge in [-0.1, -0.05) is 70.5 Å². The SMILES string of the molecule is C[C]1[C](C)[C](C)[C](C)[C]1C.Cc1ccc(-c2ccccn2)cc1.[Cl-].[Ir]. The van der Waals surface area contributed by atoms with Crippen LogP contribution in [-0.4, -0.2) is 4.98 Å². The fraction of sp³-hybridized carbons (Fsp3) is 0.273. The first-order valence-corrected chi connectivity index (χ1v) is 8.09. The molecule has 1 aliphatic carbocycles. The zero-order valence-corrected chi connectivity index (χ0v) is 18.9. The van der Waals surface area contributed by atoms with Gasteiger partial charge in [-0.2, -0.15) is 0 Å². The van der Waals surface area contributed by atoms with Gasteiger partial charge in [-0.3, -0.25) is 4.98 Å². The molecule has 2 aromatic rings. The van der Waals surface area contributed by atoms with Gasteiger partial charge in [0.2, 0.25) is 0 Å². The molecular weight excluding hydrogens is 506 g/mol. The normalized spacial score (nSPS) is 16.6. The summed E-state index contributed by atoms with van der Waals surface area (Å²) < 4.78 is 0. The Kier molecular flexibility index (Phi) is 10.8. The van der Waals surface area contributed by atoms with Crippen molar-refractivity contribution in [1.29, 1.82) is 0 Å². The van der Waals surface area contributed by atoms with E-state index in [1.54, 1.807) is 0 Å². The van der Waals surface area contributed by atoms with Gasteiger partial charge in [-0.05, 0) is 48.6 Å². The molecule has 1 aromatic heterocycles. The molecule has 1 nitrogen and oxygen atoms in total. The van der Waals surface area contributed by atoms with Crippen molar-refractivity contribution in [3.05, 3.63) is 83.8 Å². The third-order valence-electron chi connectivity index (χ3n) is 4.82. The standard InChI is InChI=1S/C12H11N.C10H15.ClH.Ir/c1-10-5-7-11(8-6-10)12-4-2-3-9-13-12;1-6-7(2)9(4)10(5)8(6)3;;/h2-9H,1H3;1-5H3;1H;/p-1. The number of hydrogen-bond acceptors (Lipinski definition) is 1. The Hall–Kier alpha value is -0.691. The molecular formula is C22H26ClIrN-. The van der Waals surface area contributed by atoms with Crippen LogP contribution in [0.1, 0.15) is 40.2 Å². The molecule has 3 heteroatoms. The second kappa shape index (κ2) is 11.1. The van der Waals surface area contributed by atoms with E-state index in [4.69, 9.17) is 0 Å². The summed E-state index contributed by atoms with van der Waals surface area (Å²) in [5.74, 6) is 7.34. The monoisotopic (exact) mass is 532 g/mol. The number of benzene rings is 1. The van der Waals surface area contributed by atoms with Crippen molar-refractivity contribution in [1.82, 2.24) is 4.98 Å². The van der Waals surface area contributed by atoms with Crippen molar-refractivity contribution < 1.29 is 32.5 Å². The van der Waals surface area contributed by atoms with Crippen LogP contribution in [0.4, 0.5) is 0 Å². The first-order valence-electron chi connectivity index (χ1n) is 8.09. The summed E-state index contributed by atoms with van der Waals surface area (Å²) in [6.07, 6.45) is 1.81. The smallest absolute Gasteiger partial charge is 0.0701 e. The van der Waals surface area contributed by atoms with Crippen LogP contribution >= 0.6 is 0 Å². The van der Waals surface area contributed by atoms with Crippen molar-refractivity contribution >= 4 is 0 Å². The van der Waals surface area contributed by atoms with Gasteiger partial charge >= 0.3 is 0 Å². The first kappa shape index (κ1) is 24.3. The van der Waals surface area contributed by atoms with Gasteiger partial charge in [0.15, 0.2) is 0 Å². The average molecular weight is 532 g/mol. The van der Waals surface area contributed by atoms with Crippen LogP contribution in [0.5, 0.6) is 0 Å². The van der Waals surface area contributed by atoms with E-state index in [1.807, 2.05) is 24.4 Å². The Morgan fingerprint density at radius 1 is 0.600 bits per heavy atom. The summed E-state index contributed by atoms with van der Waals surface area (Å²) >= 11 is 0. The van der Waals surface area contributed by atoms with Crippen molar-refractivity contribution in [2.45, 2.75) is 41.5 Å². The van der Waals surface area contributed by atoms with Gasteiger partial charge in [0.1, 0.15) is 0 Å². The molecule has 0 unspecified atom stereocenters. The van der Waals surface area contributed by atoms with Crippen LogP contribution in [0.2, 0.25) is 0 Å². The second-order valence-corrected chi connectivity index (χ2v) is 6.21. The molecule has 1 fully saturated rings. The third kappa shape index (κ3) is 6.20. The van der Waals surface area contributed by atoms with E-state index >= 15 is 0 Å². The van der Waals surface area contributed by atoms with E-state index < -0.39 is 0 Å². The Labute approximate surface area is 173 Å². The van der Waals surface area contributed by atoms with Gasteiger partial charge in [0.05, 0.1) is 5.69 Å². The molecule has 0 N–H and O–H groups in total. The number of nitrogens with zero attached hydrogens (tertiary/aromatic N) is 1. The van der Waals surface area contributed by atoms with E-state index in [9.17, 15) is 0 Å². The number of halogens is 1. The van der Waals surface area contributed by atoms with E-state index in [0.29, 0.717) is 0 Å². The van der Waals surface area contributed by atoms with Crippen LogP contribution < -0.4 is 12.4 Å². The van der Waals surface area contributed by atoms with Crippen LogP contribution in [-0.2, 0) is 20.1 Å². The van der Waals surface area contributed by atoms with Gasteiger partial charge in [0, 0.05) is 31.9 Å². The first-order chi connectivity index (χ1) is 10.9. The summed E-state index contributed by atoms with van der Waals surface area (Å²) in [7, 11) is 0. The van der Waals surface area contributed by atoms with Crippen LogP contribution in [0, 0.1) is 36.5 Å². The van der Waals surface area contributed by atoms with Crippen molar-refractivity contribution in [2.24, 2.45) is 0 Å². The maximum atomic E-state index is 4.28. The Morgan fingerprint density at radius 3 is 1.40 bits per heavy atom. The molecule has 0 atom stereocenters. The fourth-order valence-corrected chi connectivity index (χ4v) is 2.66. The minimum Gasteiger partial charge on any atom is -1.00 e. The molecule has 1 heterocycles. The predicted molar refractivity (Wildman–Crippen MR) is 99.0 cm³/mol. The molecule has 3 rings (SSSR count). The Balaban J connectivity index is 0.000000440. The zero-order chi connectivity index (χ0) is 17.0. The number of aromatic nitrogens is 1. The zero-order valence-electron chi connectivity index (χ0n) is 15.8. The number of hydrogen-bond donors (Lipinski definition) is 0. The van der Waals surface area contributed by atoms with Crippen LogP contribution in [0.3, 0.4) is 0 Å². The predicted octanol–water partition coefficient (Wildman–Crippen LogP) is 3.03. The van der Waals surface area contributed by atoms with Crippen LogP contribution in [0.25, 0.3) is 11.3 Å². The van der Waals surface area contributed by atoms with Crippen molar-refractivity contribution in [3.63, 3.8) is 0 Å². The minimum absolute atomic E-state index is 0. The summed E-state index contributed by atoms with van der Waals surface area (Å²) in [5.41, 5.74) is 3.48. The molecule has 0 amide bonds. The summed E-state index contributed by atoms with van der Waals surface area (Å²) in [6.45, 7) is 13.1. The van der Waals surface area contributed by atoms with E-state index in [-0.39, 0.29) is 32.5 Å². The average Bonchev–Trinajstić information content (AvgIpc) is 2.75. The fourth-order valence-electron chi connectivity index (χ4n) is 2.66. The summed E-state index contributed by atoms with van der Waals surface area (Å²) in [5, 5.41) is 0. The molecule has 0 aliphatic heterocycles. The maximum Gasteiger partial charge on any atom is 0.0701 e. The Morgan fingerprint density at radius 2 is 1.04 bits per heavy atom. The molecule has 136 valence electrons.